The summed E-state index contributed by atoms with van der Waals surface area (Å²) in [6.45, 7) is 6.05. The van der Waals surface area contributed by atoms with Crippen molar-refractivity contribution in [3.63, 3.8) is 0 Å². The quantitative estimate of drug-likeness (QED) is 0.707. The summed E-state index contributed by atoms with van der Waals surface area (Å²) in [5.74, 6) is -0.180. The lowest BCUT2D eigenvalue weighted by atomic mass is 10.0. The first-order valence-electron chi connectivity index (χ1n) is 10.3. The van der Waals surface area contributed by atoms with Gasteiger partial charge < -0.3 is 5.32 Å². The molecule has 1 atom stereocenters. The first-order chi connectivity index (χ1) is 14.4. The minimum Gasteiger partial charge on any atom is -0.354 e. The molecule has 0 radical (unpaired) electrons. The van der Waals surface area contributed by atoms with Crippen molar-refractivity contribution < 1.29 is 4.79 Å². The SMILES string of the molecule is CNC(=O)c1ccc(-c2cc(C)nc(C3CCCN3Cc3cn(C)nc3C)c2)cn1. The molecule has 0 aliphatic carbocycles. The van der Waals surface area contributed by atoms with Gasteiger partial charge in [0.25, 0.3) is 5.91 Å². The van der Waals surface area contributed by atoms with Crippen molar-refractivity contribution in [1.29, 1.82) is 0 Å². The maximum Gasteiger partial charge on any atom is 0.269 e. The number of nitrogens with one attached hydrogen (secondary N) is 1. The van der Waals surface area contributed by atoms with Gasteiger partial charge in [-0.3, -0.25) is 24.3 Å². The Morgan fingerprint density at radius 3 is 2.73 bits per heavy atom. The van der Waals surface area contributed by atoms with E-state index in [-0.39, 0.29) is 5.91 Å². The molecule has 1 aliphatic heterocycles. The van der Waals surface area contributed by atoms with Crippen molar-refractivity contribution in [2.75, 3.05) is 13.6 Å². The van der Waals surface area contributed by atoms with E-state index in [2.05, 4.69) is 45.6 Å². The van der Waals surface area contributed by atoms with E-state index >= 15 is 0 Å². The molecule has 7 nitrogen and oxygen atoms in total. The molecule has 3 aromatic heterocycles. The Bertz CT molecular complexity index is 1060. The predicted molar refractivity (Wildman–Crippen MR) is 116 cm³/mol. The van der Waals surface area contributed by atoms with E-state index < -0.39 is 0 Å². The maximum absolute atomic E-state index is 11.8. The molecule has 0 spiro atoms. The average Bonchev–Trinajstić information content (AvgIpc) is 3.33. The number of rotatable bonds is 5. The van der Waals surface area contributed by atoms with Crippen LogP contribution in [0.2, 0.25) is 0 Å². The number of carbonyl (C=O) groups is 1. The summed E-state index contributed by atoms with van der Waals surface area (Å²) in [5, 5.41) is 7.09. The zero-order chi connectivity index (χ0) is 21.3. The van der Waals surface area contributed by atoms with E-state index in [9.17, 15) is 4.79 Å². The van der Waals surface area contributed by atoms with Crippen molar-refractivity contribution in [3.05, 3.63) is 65.0 Å². The predicted octanol–water partition coefficient (Wildman–Crippen LogP) is 3.19. The van der Waals surface area contributed by atoms with Gasteiger partial charge in [-0.05, 0) is 57.0 Å². The van der Waals surface area contributed by atoms with E-state index in [4.69, 9.17) is 4.98 Å². The van der Waals surface area contributed by atoms with Gasteiger partial charge in [0.15, 0.2) is 0 Å². The Labute approximate surface area is 177 Å². The molecule has 1 saturated heterocycles. The Kier molecular flexibility index (Phi) is 5.63. The van der Waals surface area contributed by atoms with Crippen LogP contribution >= 0.6 is 0 Å². The number of carbonyl (C=O) groups excluding carboxylic acids is 1. The lowest BCUT2D eigenvalue weighted by Gasteiger charge is -2.24. The molecule has 30 heavy (non-hydrogen) atoms. The van der Waals surface area contributed by atoms with E-state index in [1.165, 1.54) is 5.56 Å². The normalized spacial score (nSPS) is 16.7. The topological polar surface area (TPSA) is 75.9 Å². The first-order valence-corrected chi connectivity index (χ1v) is 10.3. The molecule has 1 N–H and O–H groups in total. The number of hydrogen-bond donors (Lipinski definition) is 1. The molecule has 0 saturated carbocycles. The Morgan fingerprint density at radius 2 is 2.07 bits per heavy atom. The first kappa shape index (κ1) is 20.2. The van der Waals surface area contributed by atoms with Crippen molar-refractivity contribution >= 4 is 5.91 Å². The highest BCUT2D eigenvalue weighted by Gasteiger charge is 2.28. The Hall–Kier alpha value is -3.06. The second kappa shape index (κ2) is 8.36. The summed E-state index contributed by atoms with van der Waals surface area (Å²) >= 11 is 0. The van der Waals surface area contributed by atoms with Gasteiger partial charge in [-0.2, -0.15) is 5.10 Å². The van der Waals surface area contributed by atoms with E-state index in [0.29, 0.717) is 11.7 Å². The lowest BCUT2D eigenvalue weighted by Crippen LogP contribution is -2.24. The lowest BCUT2D eigenvalue weighted by molar-refractivity contribution is 0.0958. The molecule has 0 bridgehead atoms. The monoisotopic (exact) mass is 404 g/mol. The standard InChI is InChI=1S/C23H28N6O/c1-15-10-18(17-7-8-20(25-12-17)23(30)24-3)11-21(26-15)22-6-5-9-29(22)14-19-13-28(4)27-16(19)2/h7-8,10-13,22H,5-6,9,14H2,1-4H3,(H,24,30). The fourth-order valence-corrected chi connectivity index (χ4v) is 4.23. The molecule has 1 amide bonds. The molecule has 0 aromatic carbocycles. The summed E-state index contributed by atoms with van der Waals surface area (Å²) < 4.78 is 1.88. The minimum atomic E-state index is -0.180. The van der Waals surface area contributed by atoms with Gasteiger partial charge in [-0.25, -0.2) is 0 Å². The second-order valence-electron chi connectivity index (χ2n) is 7.98. The number of likely N-dealkylation sites (tertiary alicyclic amines) is 1. The van der Waals surface area contributed by atoms with Crippen LogP contribution in [0.4, 0.5) is 0 Å². The fraction of sp³-hybridized carbons (Fsp3) is 0.391. The average molecular weight is 405 g/mol. The molecular weight excluding hydrogens is 376 g/mol. The van der Waals surface area contributed by atoms with Crippen LogP contribution in [-0.2, 0) is 13.6 Å². The number of nitrogens with zero attached hydrogens (tertiary/aromatic N) is 5. The highest BCUT2D eigenvalue weighted by Crippen LogP contribution is 2.34. The second-order valence-corrected chi connectivity index (χ2v) is 7.98. The fourth-order valence-electron chi connectivity index (χ4n) is 4.23. The molecule has 156 valence electrons. The number of amides is 1. The van der Waals surface area contributed by atoms with Gasteiger partial charge >= 0.3 is 0 Å². The van der Waals surface area contributed by atoms with Crippen LogP contribution in [0.25, 0.3) is 11.1 Å². The van der Waals surface area contributed by atoms with E-state index in [1.54, 1.807) is 19.3 Å². The summed E-state index contributed by atoms with van der Waals surface area (Å²) in [4.78, 5) is 23.4. The number of pyridine rings is 2. The van der Waals surface area contributed by atoms with Gasteiger partial charge in [-0.15, -0.1) is 0 Å². The summed E-state index contributed by atoms with van der Waals surface area (Å²) in [6, 6.07) is 8.24. The maximum atomic E-state index is 11.8. The molecule has 7 heteroatoms. The van der Waals surface area contributed by atoms with Gasteiger partial charge in [-0.1, -0.05) is 6.07 Å². The summed E-state index contributed by atoms with van der Waals surface area (Å²) in [7, 11) is 3.58. The molecule has 4 rings (SSSR count). The zero-order valence-electron chi connectivity index (χ0n) is 18.0. The van der Waals surface area contributed by atoms with Crippen LogP contribution in [0.5, 0.6) is 0 Å². The van der Waals surface area contributed by atoms with Gasteiger partial charge in [0.1, 0.15) is 5.69 Å². The van der Waals surface area contributed by atoms with E-state index in [1.807, 2.05) is 24.7 Å². The Morgan fingerprint density at radius 1 is 1.23 bits per heavy atom. The van der Waals surface area contributed by atoms with Crippen molar-refractivity contribution in [2.45, 2.75) is 39.3 Å². The van der Waals surface area contributed by atoms with Crippen LogP contribution in [0, 0.1) is 13.8 Å². The van der Waals surface area contributed by atoms with Gasteiger partial charge in [0.2, 0.25) is 0 Å². The minimum absolute atomic E-state index is 0.180. The van der Waals surface area contributed by atoms with Crippen molar-refractivity contribution in [2.24, 2.45) is 7.05 Å². The van der Waals surface area contributed by atoms with Gasteiger partial charge in [0.05, 0.1) is 17.4 Å². The smallest absolute Gasteiger partial charge is 0.269 e. The molecule has 1 fully saturated rings. The molecule has 1 unspecified atom stereocenters. The van der Waals surface area contributed by atoms with Crippen LogP contribution in [-0.4, -0.2) is 44.1 Å². The third-order valence-electron chi connectivity index (χ3n) is 5.72. The largest absolute Gasteiger partial charge is 0.354 e. The number of hydrogen-bond acceptors (Lipinski definition) is 5. The van der Waals surface area contributed by atoms with Crippen LogP contribution in [0.1, 0.15) is 52.0 Å². The van der Waals surface area contributed by atoms with Crippen LogP contribution in [0.15, 0.2) is 36.7 Å². The summed E-state index contributed by atoms with van der Waals surface area (Å²) in [6.07, 6.45) is 6.13. The molecular formula is C23H28N6O. The van der Waals surface area contributed by atoms with Crippen molar-refractivity contribution in [1.82, 2.24) is 30.0 Å². The number of aryl methyl sites for hydroxylation is 3. The number of aromatic nitrogens is 4. The highest BCUT2D eigenvalue weighted by molar-refractivity contribution is 5.92. The third kappa shape index (κ3) is 4.11. The van der Waals surface area contributed by atoms with E-state index in [0.717, 1.165) is 54.1 Å². The van der Waals surface area contributed by atoms with Crippen LogP contribution < -0.4 is 5.32 Å². The van der Waals surface area contributed by atoms with Crippen molar-refractivity contribution in [3.8, 4) is 11.1 Å². The third-order valence-corrected chi connectivity index (χ3v) is 5.72. The molecule has 3 aromatic rings. The molecule has 1 aliphatic rings. The zero-order valence-corrected chi connectivity index (χ0v) is 18.0. The molecule has 4 heterocycles. The highest BCUT2D eigenvalue weighted by atomic mass is 16.1. The van der Waals surface area contributed by atoms with Gasteiger partial charge in [0, 0.05) is 49.9 Å². The Balaban J connectivity index is 1.60. The van der Waals surface area contributed by atoms with Crippen LogP contribution in [0.3, 0.4) is 0 Å². The summed E-state index contributed by atoms with van der Waals surface area (Å²) in [5.41, 5.74) is 6.93.